The SMILES string of the molecule is O.O.O.O.[Ca+2].[OH-].[OH-].[SiH4]. The summed E-state index contributed by atoms with van der Waals surface area (Å²) in [6.45, 7) is 0. The fraction of sp³-hybridized carbons (Fsp3) is 0. The molecule has 0 spiro atoms. The van der Waals surface area contributed by atoms with Crippen LogP contribution in [0.25, 0.3) is 0 Å². The average Bonchev–Trinajstić information content (AvgIpc) is 0. The maximum Gasteiger partial charge on any atom is 2.00 e. The quantitative estimate of drug-likeness (QED) is 0.335. The van der Waals surface area contributed by atoms with Crippen molar-refractivity contribution in [3.8, 4) is 0 Å². The molecule has 0 amide bonds. The summed E-state index contributed by atoms with van der Waals surface area (Å²) in [5.41, 5.74) is 0. The fourth-order valence-corrected chi connectivity index (χ4v) is 0. The van der Waals surface area contributed by atoms with Crippen molar-refractivity contribution < 1.29 is 32.9 Å². The van der Waals surface area contributed by atoms with Crippen LogP contribution < -0.4 is 0 Å². The molecule has 0 saturated heterocycles. The van der Waals surface area contributed by atoms with E-state index in [4.69, 9.17) is 0 Å². The standard InChI is InChI=1S/Ca.6H2O.H4Si/h;6*1H2;1H4/q+2;;;;;;;/p-2. The van der Waals surface area contributed by atoms with Crippen LogP contribution in [0.3, 0.4) is 0 Å². The Morgan fingerprint density at radius 1 is 0.500 bits per heavy atom. The van der Waals surface area contributed by atoms with Gasteiger partial charge in [-0.1, -0.05) is 0 Å². The molecule has 8 heavy (non-hydrogen) atoms. The molecule has 0 aromatic carbocycles. The van der Waals surface area contributed by atoms with Crippen LogP contribution in [0.1, 0.15) is 0 Å². The molecular formula is H14CaO6Si. The maximum absolute atomic E-state index is 0. The van der Waals surface area contributed by atoms with Gasteiger partial charge in [-0.25, -0.2) is 0 Å². The van der Waals surface area contributed by atoms with Crippen molar-refractivity contribution in [3.05, 3.63) is 0 Å². The maximum atomic E-state index is 0. The van der Waals surface area contributed by atoms with E-state index < -0.39 is 0 Å². The molecule has 0 aliphatic carbocycles. The van der Waals surface area contributed by atoms with Crippen molar-refractivity contribution in [1.82, 2.24) is 0 Å². The van der Waals surface area contributed by atoms with Gasteiger partial charge in [0, 0.05) is 0 Å². The molecule has 0 aliphatic heterocycles. The van der Waals surface area contributed by atoms with E-state index in [0.29, 0.717) is 0 Å². The van der Waals surface area contributed by atoms with Gasteiger partial charge in [-0.15, -0.1) is 0 Å². The molecule has 0 bridgehead atoms. The van der Waals surface area contributed by atoms with Gasteiger partial charge in [-0.2, -0.15) is 0 Å². The summed E-state index contributed by atoms with van der Waals surface area (Å²) in [6.07, 6.45) is 0. The average molecular weight is 178 g/mol. The van der Waals surface area contributed by atoms with Crippen LogP contribution in [0.15, 0.2) is 0 Å². The largest absolute Gasteiger partial charge is 2.00 e. The molecule has 0 unspecified atom stereocenters. The Labute approximate surface area is 81.1 Å². The molecule has 0 aromatic heterocycles. The Bertz CT molecular complexity index is 8.49. The first-order valence-corrected chi connectivity index (χ1v) is 0. The molecule has 8 heteroatoms. The Balaban J connectivity index is 0. The summed E-state index contributed by atoms with van der Waals surface area (Å²) in [4.78, 5) is 0. The van der Waals surface area contributed by atoms with Crippen molar-refractivity contribution in [1.29, 1.82) is 0 Å². The fourth-order valence-electron chi connectivity index (χ4n) is 0. The Kier molecular flexibility index (Phi) is 14400. The second-order valence-corrected chi connectivity index (χ2v) is 0. The molecule has 6 nitrogen and oxygen atoms in total. The second-order valence-electron chi connectivity index (χ2n) is 0. The third kappa shape index (κ3) is 184. The van der Waals surface area contributed by atoms with Crippen LogP contribution in [0.4, 0.5) is 0 Å². The third-order valence-corrected chi connectivity index (χ3v) is 0. The van der Waals surface area contributed by atoms with Crippen LogP contribution in [-0.4, -0.2) is 81.6 Å². The van der Waals surface area contributed by atoms with Gasteiger partial charge in [0.05, 0.1) is 0 Å². The Morgan fingerprint density at radius 2 is 0.500 bits per heavy atom. The molecule has 0 aliphatic rings. The van der Waals surface area contributed by atoms with E-state index in [9.17, 15) is 0 Å². The van der Waals surface area contributed by atoms with Gasteiger partial charge in [0.15, 0.2) is 0 Å². The second kappa shape index (κ2) is 282. The molecule has 0 radical (unpaired) electrons. The first-order chi connectivity index (χ1) is 0. The van der Waals surface area contributed by atoms with Gasteiger partial charge in [-0.3, -0.25) is 0 Å². The predicted octanol–water partition coefficient (Wildman–Crippen LogP) is -5.48. The van der Waals surface area contributed by atoms with E-state index in [1.165, 1.54) is 0 Å². The van der Waals surface area contributed by atoms with Crippen molar-refractivity contribution in [2.24, 2.45) is 0 Å². The molecule has 0 saturated carbocycles. The zero-order valence-electron chi connectivity index (χ0n) is 3.60. The van der Waals surface area contributed by atoms with Crippen LogP contribution in [-0.2, 0) is 0 Å². The van der Waals surface area contributed by atoms with E-state index in [1.54, 1.807) is 0 Å². The summed E-state index contributed by atoms with van der Waals surface area (Å²) < 4.78 is 0. The number of rotatable bonds is 0. The summed E-state index contributed by atoms with van der Waals surface area (Å²) in [5, 5.41) is 0. The van der Waals surface area contributed by atoms with E-state index in [0.717, 1.165) is 0 Å². The predicted molar refractivity (Wildman–Crippen MR) is 35.4 cm³/mol. The van der Waals surface area contributed by atoms with Gasteiger partial charge >= 0.3 is 37.7 Å². The number of hydrogen-bond acceptors (Lipinski definition) is 2. The molecule has 10 N–H and O–H groups in total. The van der Waals surface area contributed by atoms with Crippen LogP contribution in [0.5, 0.6) is 0 Å². The van der Waals surface area contributed by atoms with Crippen molar-refractivity contribution in [2.75, 3.05) is 0 Å². The minimum absolute atomic E-state index is 0. The normalized spacial score (nSPS) is 0. The van der Waals surface area contributed by atoms with Crippen LogP contribution in [0, 0.1) is 0 Å². The van der Waals surface area contributed by atoms with Crippen LogP contribution in [0.2, 0.25) is 0 Å². The molecule has 0 fully saturated rings. The molecule has 0 rings (SSSR count). The molecule has 0 aromatic rings. The van der Waals surface area contributed by atoms with E-state index >= 15 is 0 Å². The zero-order chi connectivity index (χ0) is 0. The zero-order valence-corrected chi connectivity index (χ0v) is 5.81. The molecule has 0 atom stereocenters. The van der Waals surface area contributed by atoms with Gasteiger partial charge in [0.25, 0.3) is 0 Å². The van der Waals surface area contributed by atoms with Crippen molar-refractivity contribution >= 4 is 48.7 Å². The minimum Gasteiger partial charge on any atom is -0.870 e. The third-order valence-electron chi connectivity index (χ3n) is 0. The minimum atomic E-state index is 0. The van der Waals surface area contributed by atoms with E-state index in [1.807, 2.05) is 0 Å². The van der Waals surface area contributed by atoms with Gasteiger partial charge in [0.2, 0.25) is 0 Å². The Morgan fingerprint density at radius 3 is 0.500 bits per heavy atom. The summed E-state index contributed by atoms with van der Waals surface area (Å²) in [7, 11) is 0. The van der Waals surface area contributed by atoms with Gasteiger partial charge in [0.1, 0.15) is 0 Å². The monoisotopic (exact) mass is 178 g/mol. The molecular weight excluding hydrogens is 164 g/mol. The molecule has 56 valence electrons. The topological polar surface area (TPSA) is 186 Å². The van der Waals surface area contributed by atoms with Gasteiger partial charge < -0.3 is 32.9 Å². The summed E-state index contributed by atoms with van der Waals surface area (Å²) in [6, 6.07) is 0. The van der Waals surface area contributed by atoms with E-state index in [-0.39, 0.29) is 81.6 Å². The van der Waals surface area contributed by atoms with Crippen molar-refractivity contribution in [3.63, 3.8) is 0 Å². The first kappa shape index (κ1) is 410. The first-order valence-electron chi connectivity index (χ1n) is 0. The summed E-state index contributed by atoms with van der Waals surface area (Å²) >= 11 is 0. The Hall–Kier alpha value is 1.24. The van der Waals surface area contributed by atoms with Gasteiger partial charge in [-0.05, 0) is 11.0 Å². The van der Waals surface area contributed by atoms with Crippen molar-refractivity contribution in [2.45, 2.75) is 0 Å². The van der Waals surface area contributed by atoms with Crippen LogP contribution >= 0.6 is 0 Å². The van der Waals surface area contributed by atoms with E-state index in [2.05, 4.69) is 0 Å². The smallest absolute Gasteiger partial charge is 0.870 e. The molecule has 0 heterocycles. The summed E-state index contributed by atoms with van der Waals surface area (Å²) in [5.74, 6) is 0. The number of hydrogen-bond donors (Lipinski definition) is 0.